The molecule has 0 aromatic rings. The van der Waals surface area contributed by atoms with Gasteiger partial charge in [0, 0.05) is 25.2 Å². The van der Waals surface area contributed by atoms with Crippen molar-refractivity contribution in [3.63, 3.8) is 0 Å². The number of hydrogen-bond donors (Lipinski definition) is 3. The average molecular weight is 329 g/mol. The first kappa shape index (κ1) is 20.2. The molecule has 2 fully saturated rings. The average Bonchev–Trinajstić information content (AvgIpc) is 2.56. The van der Waals surface area contributed by atoms with E-state index in [-0.39, 0.29) is 6.09 Å². The molecule has 4 unspecified atom stereocenters. The number of amides is 1. The Morgan fingerprint density at radius 3 is 2.30 bits per heavy atom. The molecule has 1 amide bonds. The van der Waals surface area contributed by atoms with Gasteiger partial charge in [0.15, 0.2) is 0 Å². The summed E-state index contributed by atoms with van der Waals surface area (Å²) >= 11 is 0. The number of nitrogens with zero attached hydrogens (tertiary/aromatic N) is 1. The van der Waals surface area contributed by atoms with E-state index in [1.54, 1.807) is 4.90 Å². The molecular formula is C17H36N4O2. The molecule has 3 N–H and O–H groups in total. The molecule has 23 heavy (non-hydrogen) atoms. The van der Waals surface area contributed by atoms with E-state index in [4.69, 9.17) is 4.74 Å². The van der Waals surface area contributed by atoms with E-state index < -0.39 is 0 Å². The Labute approximate surface area is 141 Å². The third kappa shape index (κ3) is 6.65. The van der Waals surface area contributed by atoms with Crippen molar-refractivity contribution in [2.24, 2.45) is 11.8 Å². The third-order valence-electron chi connectivity index (χ3n) is 4.96. The van der Waals surface area contributed by atoms with E-state index in [1.165, 1.54) is 19.5 Å². The van der Waals surface area contributed by atoms with Crippen LogP contribution >= 0.6 is 0 Å². The van der Waals surface area contributed by atoms with E-state index in [2.05, 4.69) is 29.8 Å². The lowest BCUT2D eigenvalue weighted by Gasteiger charge is -2.36. The normalized spacial score (nSPS) is 31.1. The van der Waals surface area contributed by atoms with Gasteiger partial charge in [0.2, 0.25) is 0 Å². The Bertz CT molecular complexity index is 341. The highest BCUT2D eigenvalue weighted by molar-refractivity contribution is 5.67. The first-order valence-electron chi connectivity index (χ1n) is 9.00. The molecule has 4 atom stereocenters. The topological polar surface area (TPSA) is 65.6 Å². The van der Waals surface area contributed by atoms with Gasteiger partial charge in [0.25, 0.3) is 0 Å². The summed E-state index contributed by atoms with van der Waals surface area (Å²) in [5.41, 5.74) is 0. The van der Waals surface area contributed by atoms with Crippen LogP contribution in [0.5, 0.6) is 0 Å². The predicted octanol–water partition coefficient (Wildman–Crippen LogP) is 1.28. The Hall–Kier alpha value is -0.850. The Morgan fingerprint density at radius 2 is 1.83 bits per heavy atom. The van der Waals surface area contributed by atoms with Gasteiger partial charge in [-0.25, -0.2) is 4.79 Å². The van der Waals surface area contributed by atoms with E-state index in [1.807, 2.05) is 21.0 Å². The van der Waals surface area contributed by atoms with E-state index in [9.17, 15) is 4.79 Å². The van der Waals surface area contributed by atoms with Gasteiger partial charge in [-0.15, -0.1) is 0 Å². The molecular weight excluding hydrogens is 292 g/mol. The Morgan fingerprint density at radius 1 is 1.17 bits per heavy atom. The molecule has 6 heteroatoms. The zero-order valence-electron chi connectivity index (χ0n) is 15.5. The van der Waals surface area contributed by atoms with Crippen LogP contribution in [0.3, 0.4) is 0 Å². The van der Waals surface area contributed by atoms with Crippen LogP contribution in [0.2, 0.25) is 0 Å². The number of nitrogens with one attached hydrogen (secondary N) is 3. The van der Waals surface area contributed by atoms with Crippen molar-refractivity contribution in [1.29, 1.82) is 0 Å². The molecule has 0 saturated carbocycles. The zero-order valence-corrected chi connectivity index (χ0v) is 15.5. The van der Waals surface area contributed by atoms with Crippen LogP contribution in [0, 0.1) is 11.8 Å². The van der Waals surface area contributed by atoms with Gasteiger partial charge in [-0.2, -0.15) is 0 Å². The minimum atomic E-state index is -0.172. The molecule has 2 saturated heterocycles. The summed E-state index contributed by atoms with van der Waals surface area (Å²) < 4.78 is 4.97. The fraction of sp³-hybridized carbons (Fsp3) is 0.941. The lowest BCUT2D eigenvalue weighted by molar-refractivity contribution is 0.0829. The van der Waals surface area contributed by atoms with Gasteiger partial charge in [-0.3, -0.25) is 0 Å². The van der Waals surface area contributed by atoms with Crippen molar-refractivity contribution in [2.45, 2.75) is 45.7 Å². The second kappa shape index (κ2) is 10.8. The van der Waals surface area contributed by atoms with Crippen LogP contribution in [0.1, 0.15) is 33.6 Å². The van der Waals surface area contributed by atoms with E-state index >= 15 is 0 Å². The highest BCUT2D eigenvalue weighted by Crippen LogP contribution is 2.16. The lowest BCUT2D eigenvalue weighted by atomic mass is 9.94. The molecule has 2 aliphatic heterocycles. The molecule has 0 radical (unpaired) electrons. The van der Waals surface area contributed by atoms with Gasteiger partial charge < -0.3 is 25.6 Å². The number of piperidine rings is 2. The van der Waals surface area contributed by atoms with Crippen LogP contribution in [0.4, 0.5) is 4.79 Å². The fourth-order valence-electron chi connectivity index (χ4n) is 3.40. The summed E-state index contributed by atoms with van der Waals surface area (Å²) in [5.74, 6) is 1.29. The molecule has 0 bridgehead atoms. The number of carbonyl (C=O) groups is 1. The van der Waals surface area contributed by atoms with Gasteiger partial charge in [-0.05, 0) is 58.8 Å². The SMILES string of the molecule is CCOC(=O)N1CCC(NC)C(C)C1.CNC1CCNCC1C. The number of rotatable bonds is 3. The number of hydrogen-bond acceptors (Lipinski definition) is 5. The Balaban J connectivity index is 0.000000253. The molecule has 0 aromatic carbocycles. The van der Waals surface area contributed by atoms with Gasteiger partial charge in [0.1, 0.15) is 0 Å². The summed E-state index contributed by atoms with van der Waals surface area (Å²) in [5, 5.41) is 9.94. The summed E-state index contributed by atoms with van der Waals surface area (Å²) in [6, 6.07) is 1.27. The van der Waals surface area contributed by atoms with Crippen LogP contribution in [0.15, 0.2) is 0 Å². The molecule has 2 rings (SSSR count). The number of ether oxygens (including phenoxy) is 1. The van der Waals surface area contributed by atoms with Crippen LogP contribution in [0.25, 0.3) is 0 Å². The highest BCUT2D eigenvalue weighted by atomic mass is 16.6. The molecule has 0 spiro atoms. The van der Waals surface area contributed by atoms with Crippen molar-refractivity contribution in [3.8, 4) is 0 Å². The predicted molar refractivity (Wildman–Crippen MR) is 94.7 cm³/mol. The molecule has 6 nitrogen and oxygen atoms in total. The first-order chi connectivity index (χ1) is 11.0. The van der Waals surface area contributed by atoms with Gasteiger partial charge >= 0.3 is 6.09 Å². The summed E-state index contributed by atoms with van der Waals surface area (Å²) in [7, 11) is 4.02. The van der Waals surface area contributed by atoms with Crippen LogP contribution in [-0.2, 0) is 4.74 Å². The summed E-state index contributed by atoms with van der Waals surface area (Å²) in [4.78, 5) is 13.2. The third-order valence-corrected chi connectivity index (χ3v) is 4.96. The molecule has 2 heterocycles. The minimum absolute atomic E-state index is 0.172. The molecule has 0 aromatic heterocycles. The van der Waals surface area contributed by atoms with Crippen molar-refractivity contribution in [1.82, 2.24) is 20.9 Å². The standard InChI is InChI=1S/C10H20N2O2.C7H16N2/c1-4-14-10(13)12-6-5-9(11-3)8(2)7-12;1-6-5-9-4-3-7(6)8-2/h8-9,11H,4-7H2,1-3H3;6-9H,3-5H2,1-2H3. The fourth-order valence-corrected chi connectivity index (χ4v) is 3.40. The van der Waals surface area contributed by atoms with Crippen LogP contribution < -0.4 is 16.0 Å². The molecule has 0 aliphatic carbocycles. The number of carbonyl (C=O) groups excluding carboxylic acids is 1. The minimum Gasteiger partial charge on any atom is -0.450 e. The summed E-state index contributed by atoms with van der Waals surface area (Å²) in [6.45, 7) is 10.7. The van der Waals surface area contributed by atoms with Gasteiger partial charge in [-0.1, -0.05) is 13.8 Å². The van der Waals surface area contributed by atoms with Gasteiger partial charge in [0.05, 0.1) is 6.61 Å². The number of likely N-dealkylation sites (tertiary alicyclic amines) is 1. The van der Waals surface area contributed by atoms with Crippen molar-refractivity contribution >= 4 is 6.09 Å². The maximum absolute atomic E-state index is 11.4. The molecule has 136 valence electrons. The van der Waals surface area contributed by atoms with E-state index in [0.717, 1.165) is 31.5 Å². The molecule has 2 aliphatic rings. The zero-order chi connectivity index (χ0) is 17.2. The maximum Gasteiger partial charge on any atom is 0.409 e. The van der Waals surface area contributed by atoms with E-state index in [0.29, 0.717) is 18.6 Å². The van der Waals surface area contributed by atoms with Crippen molar-refractivity contribution in [2.75, 3.05) is 46.9 Å². The van der Waals surface area contributed by atoms with Crippen molar-refractivity contribution in [3.05, 3.63) is 0 Å². The smallest absolute Gasteiger partial charge is 0.409 e. The largest absolute Gasteiger partial charge is 0.450 e. The second-order valence-corrected chi connectivity index (χ2v) is 6.67. The quantitative estimate of drug-likeness (QED) is 0.728. The van der Waals surface area contributed by atoms with Crippen LogP contribution in [-0.4, -0.2) is 70.0 Å². The monoisotopic (exact) mass is 328 g/mol. The second-order valence-electron chi connectivity index (χ2n) is 6.67. The lowest BCUT2D eigenvalue weighted by Crippen LogP contribution is -2.49. The Kier molecular flexibility index (Phi) is 9.52. The highest BCUT2D eigenvalue weighted by Gasteiger charge is 2.28. The maximum atomic E-state index is 11.4. The van der Waals surface area contributed by atoms with Crippen molar-refractivity contribution < 1.29 is 9.53 Å². The summed E-state index contributed by atoms with van der Waals surface area (Å²) in [6.07, 6.45) is 2.11. The first-order valence-corrected chi connectivity index (χ1v) is 9.00.